The first-order valence-corrected chi connectivity index (χ1v) is 4.03. The minimum absolute atomic E-state index is 0.840. The molecular weight excluding hydrogens is 206 g/mol. The number of H-pyrrole nitrogens is 1. The summed E-state index contributed by atoms with van der Waals surface area (Å²) in [5.41, 5.74) is 2.90. The molecular formula is C7H6BrN3. The second-order valence-corrected chi connectivity index (χ2v) is 3.14. The van der Waals surface area contributed by atoms with Crippen molar-refractivity contribution in [1.82, 2.24) is 15.0 Å². The van der Waals surface area contributed by atoms with Crippen LogP contribution in [0.1, 0.15) is 5.69 Å². The zero-order valence-electron chi connectivity index (χ0n) is 5.93. The molecule has 0 aromatic carbocycles. The maximum Gasteiger partial charge on any atom is 0.110 e. The predicted molar refractivity (Wildman–Crippen MR) is 46.3 cm³/mol. The Morgan fingerprint density at radius 2 is 2.36 bits per heavy atom. The van der Waals surface area contributed by atoms with Crippen LogP contribution in [-0.2, 0) is 0 Å². The summed E-state index contributed by atoms with van der Waals surface area (Å²) < 4.78 is 0.840. The smallest absolute Gasteiger partial charge is 0.110 e. The molecule has 0 saturated carbocycles. The van der Waals surface area contributed by atoms with Gasteiger partial charge in [-0.25, -0.2) is 9.97 Å². The van der Waals surface area contributed by atoms with Crippen LogP contribution in [0.25, 0.3) is 11.0 Å². The Kier molecular flexibility index (Phi) is 1.42. The number of imidazole rings is 1. The fourth-order valence-electron chi connectivity index (χ4n) is 1.07. The SMILES string of the molecule is Cc1nc(Br)cc2[nH]cnc12. The van der Waals surface area contributed by atoms with Gasteiger partial charge in [-0.05, 0) is 28.9 Å². The van der Waals surface area contributed by atoms with Crippen molar-refractivity contribution in [1.29, 1.82) is 0 Å². The summed E-state index contributed by atoms with van der Waals surface area (Å²) in [7, 11) is 0. The van der Waals surface area contributed by atoms with E-state index in [1.807, 2.05) is 13.0 Å². The van der Waals surface area contributed by atoms with E-state index in [9.17, 15) is 0 Å². The Hall–Kier alpha value is -0.900. The van der Waals surface area contributed by atoms with Crippen LogP contribution in [-0.4, -0.2) is 15.0 Å². The Balaban J connectivity index is 2.91. The van der Waals surface area contributed by atoms with Crippen LogP contribution in [0.2, 0.25) is 0 Å². The monoisotopic (exact) mass is 211 g/mol. The van der Waals surface area contributed by atoms with E-state index < -0.39 is 0 Å². The van der Waals surface area contributed by atoms with E-state index in [4.69, 9.17) is 0 Å². The lowest BCUT2D eigenvalue weighted by Gasteiger charge is -1.93. The van der Waals surface area contributed by atoms with Gasteiger partial charge in [-0.1, -0.05) is 0 Å². The summed E-state index contributed by atoms with van der Waals surface area (Å²) in [4.78, 5) is 11.3. The lowest BCUT2D eigenvalue weighted by molar-refractivity contribution is 1.19. The third kappa shape index (κ3) is 1.03. The van der Waals surface area contributed by atoms with Crippen LogP contribution in [0.15, 0.2) is 17.0 Å². The van der Waals surface area contributed by atoms with E-state index in [0.717, 1.165) is 21.3 Å². The van der Waals surface area contributed by atoms with Gasteiger partial charge < -0.3 is 4.98 Å². The van der Waals surface area contributed by atoms with Gasteiger partial charge in [0.15, 0.2) is 0 Å². The first kappa shape index (κ1) is 6.79. The van der Waals surface area contributed by atoms with Crippen LogP contribution in [0.5, 0.6) is 0 Å². The maximum atomic E-state index is 4.21. The molecule has 3 nitrogen and oxygen atoms in total. The number of rotatable bonds is 0. The number of hydrogen-bond acceptors (Lipinski definition) is 2. The van der Waals surface area contributed by atoms with Gasteiger partial charge in [0.05, 0.1) is 17.5 Å². The highest BCUT2D eigenvalue weighted by Crippen LogP contribution is 2.16. The number of pyridine rings is 1. The molecule has 2 aromatic heterocycles. The lowest BCUT2D eigenvalue weighted by Crippen LogP contribution is -1.83. The second kappa shape index (κ2) is 2.30. The first-order valence-electron chi connectivity index (χ1n) is 3.23. The summed E-state index contributed by atoms with van der Waals surface area (Å²) in [5.74, 6) is 0. The summed E-state index contributed by atoms with van der Waals surface area (Å²) in [6.07, 6.45) is 1.67. The zero-order valence-corrected chi connectivity index (χ0v) is 7.51. The Morgan fingerprint density at radius 1 is 1.55 bits per heavy atom. The minimum Gasteiger partial charge on any atom is -0.344 e. The average molecular weight is 212 g/mol. The van der Waals surface area contributed by atoms with Crippen LogP contribution < -0.4 is 0 Å². The number of aromatic nitrogens is 3. The first-order chi connectivity index (χ1) is 5.27. The number of nitrogens with zero attached hydrogens (tertiary/aromatic N) is 2. The molecule has 0 spiro atoms. The van der Waals surface area contributed by atoms with Gasteiger partial charge in [0.1, 0.15) is 10.1 Å². The number of nitrogens with one attached hydrogen (secondary N) is 1. The van der Waals surface area contributed by atoms with Crippen molar-refractivity contribution in [2.24, 2.45) is 0 Å². The Labute approximate surface area is 72.0 Å². The van der Waals surface area contributed by atoms with Crippen molar-refractivity contribution in [3.8, 4) is 0 Å². The largest absolute Gasteiger partial charge is 0.344 e. The second-order valence-electron chi connectivity index (χ2n) is 2.33. The molecule has 2 rings (SSSR count). The molecule has 0 saturated heterocycles. The van der Waals surface area contributed by atoms with Crippen LogP contribution in [0.4, 0.5) is 0 Å². The van der Waals surface area contributed by atoms with Crippen LogP contribution in [0, 0.1) is 6.92 Å². The third-order valence-electron chi connectivity index (χ3n) is 1.55. The van der Waals surface area contributed by atoms with Crippen molar-refractivity contribution in [3.63, 3.8) is 0 Å². The van der Waals surface area contributed by atoms with E-state index in [-0.39, 0.29) is 0 Å². The normalized spacial score (nSPS) is 10.7. The van der Waals surface area contributed by atoms with E-state index >= 15 is 0 Å². The maximum absolute atomic E-state index is 4.21. The van der Waals surface area contributed by atoms with Gasteiger partial charge in [0.25, 0.3) is 0 Å². The molecule has 56 valence electrons. The van der Waals surface area contributed by atoms with E-state index in [0.29, 0.717) is 0 Å². The molecule has 0 atom stereocenters. The highest BCUT2D eigenvalue weighted by molar-refractivity contribution is 9.10. The molecule has 0 radical (unpaired) electrons. The van der Waals surface area contributed by atoms with E-state index in [1.165, 1.54) is 0 Å². The third-order valence-corrected chi connectivity index (χ3v) is 1.96. The molecule has 2 heterocycles. The summed E-state index contributed by atoms with van der Waals surface area (Å²) in [6, 6.07) is 1.91. The molecule has 0 bridgehead atoms. The molecule has 4 heteroatoms. The fraction of sp³-hybridized carbons (Fsp3) is 0.143. The average Bonchev–Trinajstić information content (AvgIpc) is 2.34. The highest BCUT2D eigenvalue weighted by atomic mass is 79.9. The molecule has 0 aliphatic rings. The van der Waals surface area contributed by atoms with Gasteiger partial charge in [0, 0.05) is 0 Å². The number of halogens is 1. The van der Waals surface area contributed by atoms with Crippen molar-refractivity contribution in [2.45, 2.75) is 6.92 Å². The summed E-state index contributed by atoms with van der Waals surface area (Å²) in [5, 5.41) is 0. The fourth-order valence-corrected chi connectivity index (χ4v) is 1.56. The van der Waals surface area contributed by atoms with Gasteiger partial charge >= 0.3 is 0 Å². The zero-order chi connectivity index (χ0) is 7.84. The van der Waals surface area contributed by atoms with E-state index in [1.54, 1.807) is 6.33 Å². The number of fused-ring (bicyclic) bond motifs is 1. The standard InChI is InChI=1S/C7H6BrN3/c1-4-7-5(9-3-10-7)2-6(8)11-4/h2-3H,1H3,(H,9,10). The molecule has 1 N–H and O–H groups in total. The van der Waals surface area contributed by atoms with Crippen LogP contribution in [0.3, 0.4) is 0 Å². The molecule has 11 heavy (non-hydrogen) atoms. The topological polar surface area (TPSA) is 41.6 Å². The summed E-state index contributed by atoms with van der Waals surface area (Å²) >= 11 is 3.31. The molecule has 0 aliphatic heterocycles. The lowest BCUT2D eigenvalue weighted by atomic mass is 10.3. The number of hydrogen-bond donors (Lipinski definition) is 1. The molecule has 0 unspecified atom stereocenters. The van der Waals surface area contributed by atoms with Crippen molar-refractivity contribution in [3.05, 3.63) is 22.7 Å². The quantitative estimate of drug-likeness (QED) is 0.678. The van der Waals surface area contributed by atoms with Gasteiger partial charge in [0.2, 0.25) is 0 Å². The van der Waals surface area contributed by atoms with Crippen molar-refractivity contribution in [2.75, 3.05) is 0 Å². The van der Waals surface area contributed by atoms with Crippen molar-refractivity contribution < 1.29 is 0 Å². The minimum atomic E-state index is 0.840. The Morgan fingerprint density at radius 3 is 3.18 bits per heavy atom. The highest BCUT2D eigenvalue weighted by Gasteiger charge is 2.01. The summed E-state index contributed by atoms with van der Waals surface area (Å²) in [6.45, 7) is 1.94. The molecule has 0 amide bonds. The number of aryl methyl sites for hydroxylation is 1. The molecule has 0 aliphatic carbocycles. The van der Waals surface area contributed by atoms with Gasteiger partial charge in [-0.2, -0.15) is 0 Å². The van der Waals surface area contributed by atoms with Gasteiger partial charge in [-0.15, -0.1) is 0 Å². The van der Waals surface area contributed by atoms with Gasteiger partial charge in [-0.3, -0.25) is 0 Å². The van der Waals surface area contributed by atoms with Crippen molar-refractivity contribution >= 4 is 27.0 Å². The van der Waals surface area contributed by atoms with Crippen LogP contribution >= 0.6 is 15.9 Å². The molecule has 2 aromatic rings. The number of aromatic amines is 1. The van der Waals surface area contributed by atoms with E-state index in [2.05, 4.69) is 30.9 Å². The Bertz CT molecular complexity index is 393. The predicted octanol–water partition coefficient (Wildman–Crippen LogP) is 2.03. The molecule has 0 fully saturated rings.